The number of nitrogens with zero attached hydrogens (tertiary/aromatic N) is 3. The molecule has 0 aliphatic carbocycles. The van der Waals surface area contributed by atoms with Crippen molar-refractivity contribution >= 4 is 11.6 Å². The third-order valence-electron chi connectivity index (χ3n) is 2.03. The molecule has 0 saturated heterocycles. The lowest BCUT2D eigenvalue weighted by molar-refractivity contribution is 0.152. The SMILES string of the molecule is O[C@@H](Cn1ccnc1)c1ccc(Cl)cn1. The molecule has 0 aliphatic heterocycles. The highest BCUT2D eigenvalue weighted by Crippen LogP contribution is 2.14. The number of rotatable bonds is 3. The Balaban J connectivity index is 2.08. The van der Waals surface area contributed by atoms with Crippen molar-refractivity contribution in [1.29, 1.82) is 0 Å². The van der Waals surface area contributed by atoms with Crippen LogP contribution in [0.5, 0.6) is 0 Å². The predicted molar refractivity (Wildman–Crippen MR) is 56.4 cm³/mol. The fourth-order valence-electron chi connectivity index (χ4n) is 1.27. The summed E-state index contributed by atoms with van der Waals surface area (Å²) in [5, 5.41) is 10.4. The second kappa shape index (κ2) is 4.42. The number of aromatic nitrogens is 3. The zero-order valence-electron chi connectivity index (χ0n) is 7.92. The van der Waals surface area contributed by atoms with E-state index in [0.29, 0.717) is 17.3 Å². The minimum atomic E-state index is -0.642. The van der Waals surface area contributed by atoms with Crippen molar-refractivity contribution in [1.82, 2.24) is 14.5 Å². The van der Waals surface area contributed by atoms with E-state index in [9.17, 15) is 5.11 Å². The van der Waals surface area contributed by atoms with Crippen molar-refractivity contribution in [3.05, 3.63) is 47.8 Å². The molecule has 0 radical (unpaired) electrons. The molecule has 1 atom stereocenters. The highest BCUT2D eigenvalue weighted by molar-refractivity contribution is 6.30. The molecule has 2 aromatic heterocycles. The van der Waals surface area contributed by atoms with E-state index in [1.165, 1.54) is 6.20 Å². The quantitative estimate of drug-likeness (QED) is 0.861. The van der Waals surface area contributed by atoms with Gasteiger partial charge in [0, 0.05) is 18.6 Å². The largest absolute Gasteiger partial charge is 0.385 e. The highest BCUT2D eigenvalue weighted by Gasteiger charge is 2.08. The zero-order valence-corrected chi connectivity index (χ0v) is 8.67. The maximum Gasteiger partial charge on any atom is 0.114 e. The van der Waals surface area contributed by atoms with Gasteiger partial charge in [-0.3, -0.25) is 4.98 Å². The summed E-state index contributed by atoms with van der Waals surface area (Å²) in [7, 11) is 0. The van der Waals surface area contributed by atoms with E-state index in [-0.39, 0.29) is 0 Å². The van der Waals surface area contributed by atoms with Crippen molar-refractivity contribution in [2.45, 2.75) is 12.6 Å². The third-order valence-corrected chi connectivity index (χ3v) is 2.26. The molecule has 0 saturated carbocycles. The summed E-state index contributed by atoms with van der Waals surface area (Å²) in [6, 6.07) is 3.42. The summed E-state index contributed by atoms with van der Waals surface area (Å²) in [4.78, 5) is 7.94. The summed E-state index contributed by atoms with van der Waals surface area (Å²) in [5.74, 6) is 0. The average molecular weight is 224 g/mol. The second-order valence-electron chi connectivity index (χ2n) is 3.18. The maximum absolute atomic E-state index is 9.83. The molecule has 0 aromatic carbocycles. The Labute approximate surface area is 92.2 Å². The first-order chi connectivity index (χ1) is 7.25. The van der Waals surface area contributed by atoms with Crippen LogP contribution in [0.3, 0.4) is 0 Å². The van der Waals surface area contributed by atoms with Crippen LogP contribution in [0, 0.1) is 0 Å². The number of pyridine rings is 1. The Bertz CT molecular complexity index is 413. The number of imidazole rings is 1. The van der Waals surface area contributed by atoms with E-state index >= 15 is 0 Å². The van der Waals surface area contributed by atoms with Crippen LogP contribution in [0.1, 0.15) is 11.8 Å². The van der Waals surface area contributed by atoms with E-state index in [0.717, 1.165) is 0 Å². The van der Waals surface area contributed by atoms with Crippen LogP contribution in [0.4, 0.5) is 0 Å². The summed E-state index contributed by atoms with van der Waals surface area (Å²) in [6.07, 6.45) is 5.99. The van der Waals surface area contributed by atoms with Gasteiger partial charge < -0.3 is 9.67 Å². The van der Waals surface area contributed by atoms with E-state index in [1.807, 2.05) is 0 Å². The van der Waals surface area contributed by atoms with Crippen molar-refractivity contribution < 1.29 is 5.11 Å². The Morgan fingerprint density at radius 3 is 2.93 bits per heavy atom. The molecule has 0 bridgehead atoms. The summed E-state index contributed by atoms with van der Waals surface area (Å²) in [5.41, 5.74) is 0.605. The molecule has 2 rings (SSSR count). The van der Waals surface area contributed by atoms with Gasteiger partial charge in [0.15, 0.2) is 0 Å². The van der Waals surface area contributed by atoms with Gasteiger partial charge >= 0.3 is 0 Å². The molecule has 2 heterocycles. The number of hydrogen-bond donors (Lipinski definition) is 1. The van der Waals surface area contributed by atoms with E-state index in [2.05, 4.69) is 9.97 Å². The van der Waals surface area contributed by atoms with Crippen LogP contribution in [-0.4, -0.2) is 19.6 Å². The average Bonchev–Trinajstić information content (AvgIpc) is 2.71. The van der Waals surface area contributed by atoms with Gasteiger partial charge in [-0.15, -0.1) is 0 Å². The first kappa shape index (κ1) is 10.1. The lowest BCUT2D eigenvalue weighted by atomic mass is 10.2. The Morgan fingerprint density at radius 2 is 2.33 bits per heavy atom. The molecule has 4 nitrogen and oxygen atoms in total. The van der Waals surface area contributed by atoms with Crippen molar-refractivity contribution in [2.75, 3.05) is 0 Å². The summed E-state index contributed by atoms with van der Waals surface area (Å²) in [6.45, 7) is 0.439. The smallest absolute Gasteiger partial charge is 0.114 e. The van der Waals surface area contributed by atoms with Gasteiger partial charge in [0.05, 0.1) is 23.6 Å². The predicted octanol–water partition coefficient (Wildman–Crippen LogP) is 1.67. The molecule has 2 aromatic rings. The minimum absolute atomic E-state index is 0.439. The Kier molecular flexibility index (Phi) is 2.99. The van der Waals surface area contributed by atoms with Crippen molar-refractivity contribution in [2.24, 2.45) is 0 Å². The fourth-order valence-corrected chi connectivity index (χ4v) is 1.38. The third kappa shape index (κ3) is 2.55. The van der Waals surface area contributed by atoms with Gasteiger partial charge in [0.1, 0.15) is 6.10 Å². The molecule has 5 heteroatoms. The van der Waals surface area contributed by atoms with Crippen molar-refractivity contribution in [3.8, 4) is 0 Å². The van der Waals surface area contributed by atoms with Crippen LogP contribution < -0.4 is 0 Å². The molecule has 78 valence electrons. The molecule has 0 spiro atoms. The molecule has 1 N–H and O–H groups in total. The van der Waals surface area contributed by atoms with E-state index in [4.69, 9.17) is 11.6 Å². The molecule has 0 amide bonds. The van der Waals surface area contributed by atoms with Crippen molar-refractivity contribution in [3.63, 3.8) is 0 Å². The summed E-state index contributed by atoms with van der Waals surface area (Å²) < 4.78 is 1.79. The Hall–Kier alpha value is -1.39. The van der Waals surface area contributed by atoms with E-state index in [1.54, 1.807) is 35.4 Å². The van der Waals surface area contributed by atoms with Gasteiger partial charge in [-0.05, 0) is 12.1 Å². The molecule has 15 heavy (non-hydrogen) atoms. The topological polar surface area (TPSA) is 50.9 Å². The number of aliphatic hydroxyl groups is 1. The van der Waals surface area contributed by atoms with Gasteiger partial charge in [0.25, 0.3) is 0 Å². The zero-order chi connectivity index (χ0) is 10.7. The molecular weight excluding hydrogens is 214 g/mol. The first-order valence-corrected chi connectivity index (χ1v) is 4.89. The molecule has 0 fully saturated rings. The van der Waals surface area contributed by atoms with Crippen LogP contribution in [0.15, 0.2) is 37.1 Å². The normalized spacial score (nSPS) is 12.7. The summed E-state index contributed by atoms with van der Waals surface area (Å²) >= 11 is 5.70. The standard InChI is InChI=1S/C10H10ClN3O/c11-8-1-2-9(13-5-8)10(15)6-14-4-3-12-7-14/h1-5,7,10,15H,6H2/t10-/m0/s1. The molecular formula is C10H10ClN3O. The van der Waals surface area contributed by atoms with Crippen LogP contribution >= 0.6 is 11.6 Å². The maximum atomic E-state index is 9.83. The molecule has 0 unspecified atom stereocenters. The number of hydrogen-bond acceptors (Lipinski definition) is 3. The molecule has 0 aliphatic rings. The van der Waals surface area contributed by atoms with Gasteiger partial charge in [-0.2, -0.15) is 0 Å². The number of aliphatic hydroxyl groups excluding tert-OH is 1. The monoisotopic (exact) mass is 223 g/mol. The number of halogens is 1. The Morgan fingerprint density at radius 1 is 1.47 bits per heavy atom. The lowest BCUT2D eigenvalue weighted by Crippen LogP contribution is -2.08. The van der Waals surface area contributed by atoms with E-state index < -0.39 is 6.10 Å². The highest BCUT2D eigenvalue weighted by atomic mass is 35.5. The second-order valence-corrected chi connectivity index (χ2v) is 3.61. The first-order valence-electron chi connectivity index (χ1n) is 4.51. The lowest BCUT2D eigenvalue weighted by Gasteiger charge is -2.10. The fraction of sp³-hybridized carbons (Fsp3) is 0.200. The van der Waals surface area contributed by atoms with Crippen LogP contribution in [-0.2, 0) is 6.54 Å². The van der Waals surface area contributed by atoms with Gasteiger partial charge in [-0.25, -0.2) is 4.98 Å². The van der Waals surface area contributed by atoms with Gasteiger partial charge in [0.2, 0.25) is 0 Å². The van der Waals surface area contributed by atoms with Gasteiger partial charge in [-0.1, -0.05) is 11.6 Å². The van der Waals surface area contributed by atoms with Crippen LogP contribution in [0.25, 0.3) is 0 Å². The minimum Gasteiger partial charge on any atom is -0.385 e. The van der Waals surface area contributed by atoms with Crippen LogP contribution in [0.2, 0.25) is 5.02 Å².